The van der Waals surface area contributed by atoms with Crippen LogP contribution in [0.4, 0.5) is 5.69 Å². The second kappa shape index (κ2) is 10.8. The molecule has 1 fully saturated rings. The van der Waals surface area contributed by atoms with Gasteiger partial charge in [-0.1, -0.05) is 12.1 Å². The Kier molecular flexibility index (Phi) is 7.89. The van der Waals surface area contributed by atoms with Gasteiger partial charge < -0.3 is 24.0 Å². The highest BCUT2D eigenvalue weighted by Gasteiger charge is 2.17. The lowest BCUT2D eigenvalue weighted by Crippen LogP contribution is -2.30. The van der Waals surface area contributed by atoms with E-state index in [1.165, 1.54) is 0 Å². The molecule has 1 aliphatic rings. The van der Waals surface area contributed by atoms with Crippen molar-refractivity contribution in [2.75, 3.05) is 45.9 Å². The molecule has 0 radical (unpaired) electrons. The zero-order valence-electron chi connectivity index (χ0n) is 18.4. The summed E-state index contributed by atoms with van der Waals surface area (Å²) in [7, 11) is 5.65. The predicted molar refractivity (Wildman–Crippen MR) is 118 cm³/mol. The zero-order valence-corrected chi connectivity index (χ0v) is 18.4. The number of likely N-dealkylation sites (N-methyl/N-ethyl adjacent to an activating group) is 1. The monoisotopic (exact) mass is 426 g/mol. The maximum absolute atomic E-state index is 12.3. The largest absolute Gasteiger partial charge is 0.491 e. The molecule has 3 rings (SSSR count). The zero-order chi connectivity index (χ0) is 22.2. The predicted octanol–water partition coefficient (Wildman–Crippen LogP) is 3.13. The van der Waals surface area contributed by atoms with Crippen molar-refractivity contribution >= 4 is 17.6 Å². The van der Waals surface area contributed by atoms with Crippen LogP contribution in [0.1, 0.15) is 28.8 Å². The summed E-state index contributed by atoms with van der Waals surface area (Å²) in [5, 5.41) is 0. The summed E-state index contributed by atoms with van der Waals surface area (Å²) in [6, 6.07) is 14.7. The molecule has 2 aromatic rings. The quantitative estimate of drug-likeness (QED) is 0.574. The van der Waals surface area contributed by atoms with Crippen LogP contribution in [0.2, 0.25) is 0 Å². The molecule has 0 unspecified atom stereocenters. The Morgan fingerprint density at radius 3 is 2.35 bits per heavy atom. The average molecular weight is 427 g/mol. The number of carbonyl (C=O) groups excluding carboxylic acids is 2. The molecular weight excluding hydrogens is 396 g/mol. The molecule has 7 nitrogen and oxygen atoms in total. The van der Waals surface area contributed by atoms with Gasteiger partial charge in [-0.05, 0) is 54.8 Å². The third-order valence-corrected chi connectivity index (χ3v) is 5.17. The first kappa shape index (κ1) is 22.6. The number of carbonyl (C=O) groups is 2. The number of nitrogens with zero attached hydrogens (tertiary/aromatic N) is 2. The van der Waals surface area contributed by atoms with E-state index in [1.807, 2.05) is 43.3 Å². The van der Waals surface area contributed by atoms with E-state index in [4.69, 9.17) is 14.2 Å². The van der Waals surface area contributed by atoms with Crippen LogP contribution in [0.3, 0.4) is 0 Å². The molecule has 31 heavy (non-hydrogen) atoms. The van der Waals surface area contributed by atoms with E-state index < -0.39 is 5.97 Å². The molecule has 0 spiro atoms. The highest BCUT2D eigenvalue weighted by Crippen LogP contribution is 2.17. The number of amides is 1. The molecule has 7 heteroatoms. The number of hydrogen-bond acceptors (Lipinski definition) is 6. The lowest BCUT2D eigenvalue weighted by Gasteiger charge is -2.18. The Labute approximate surface area is 183 Å². The summed E-state index contributed by atoms with van der Waals surface area (Å²) in [5.74, 6) is -0.132. The Hall–Kier alpha value is -3.06. The highest BCUT2D eigenvalue weighted by molar-refractivity contribution is 5.91. The van der Waals surface area contributed by atoms with Gasteiger partial charge in [0.1, 0.15) is 12.4 Å². The first-order valence-corrected chi connectivity index (χ1v) is 10.4. The van der Waals surface area contributed by atoms with Gasteiger partial charge in [-0.2, -0.15) is 0 Å². The SMILES string of the molecule is CN(Cc1ccc(N(C)C)cc1)C(=O)COC(=O)c1ccc(OC[C@@H]2CCCO2)cc1. The van der Waals surface area contributed by atoms with Crippen molar-refractivity contribution in [2.45, 2.75) is 25.5 Å². The Morgan fingerprint density at radius 2 is 1.74 bits per heavy atom. The maximum atomic E-state index is 12.3. The van der Waals surface area contributed by atoms with E-state index in [-0.39, 0.29) is 18.6 Å². The molecule has 1 heterocycles. The molecule has 0 aliphatic carbocycles. The van der Waals surface area contributed by atoms with Crippen molar-refractivity contribution in [3.8, 4) is 5.75 Å². The lowest BCUT2D eigenvalue weighted by atomic mass is 10.2. The number of benzene rings is 2. The fourth-order valence-electron chi connectivity index (χ4n) is 3.23. The van der Waals surface area contributed by atoms with Crippen LogP contribution >= 0.6 is 0 Å². The van der Waals surface area contributed by atoms with E-state index >= 15 is 0 Å². The minimum Gasteiger partial charge on any atom is -0.491 e. The van der Waals surface area contributed by atoms with Gasteiger partial charge in [0.2, 0.25) is 0 Å². The average Bonchev–Trinajstić information content (AvgIpc) is 3.30. The Bertz CT molecular complexity index is 859. The smallest absolute Gasteiger partial charge is 0.338 e. The minimum atomic E-state index is -0.539. The minimum absolute atomic E-state index is 0.138. The summed E-state index contributed by atoms with van der Waals surface area (Å²) in [6.45, 7) is 1.43. The Balaban J connectivity index is 1.42. The van der Waals surface area contributed by atoms with Gasteiger partial charge in [0, 0.05) is 40.0 Å². The molecule has 1 atom stereocenters. The molecule has 166 valence electrons. The molecule has 1 amide bonds. The van der Waals surface area contributed by atoms with E-state index in [2.05, 4.69) is 0 Å². The van der Waals surface area contributed by atoms with E-state index in [0.717, 1.165) is 30.7 Å². The summed E-state index contributed by atoms with van der Waals surface area (Å²) < 4.78 is 16.4. The van der Waals surface area contributed by atoms with E-state index in [9.17, 15) is 9.59 Å². The van der Waals surface area contributed by atoms with Gasteiger partial charge >= 0.3 is 5.97 Å². The van der Waals surface area contributed by atoms with Crippen molar-refractivity contribution < 1.29 is 23.8 Å². The van der Waals surface area contributed by atoms with Crippen LogP contribution in [0.15, 0.2) is 48.5 Å². The Morgan fingerprint density at radius 1 is 1.03 bits per heavy atom. The molecule has 1 saturated heterocycles. The van der Waals surface area contributed by atoms with Crippen molar-refractivity contribution in [1.29, 1.82) is 0 Å². The third-order valence-electron chi connectivity index (χ3n) is 5.17. The molecule has 0 bridgehead atoms. The van der Waals surface area contributed by atoms with Gasteiger partial charge in [-0.15, -0.1) is 0 Å². The first-order chi connectivity index (χ1) is 14.9. The third kappa shape index (κ3) is 6.72. The van der Waals surface area contributed by atoms with Crippen molar-refractivity contribution in [3.05, 3.63) is 59.7 Å². The van der Waals surface area contributed by atoms with Crippen LogP contribution in [0, 0.1) is 0 Å². The van der Waals surface area contributed by atoms with Crippen molar-refractivity contribution in [1.82, 2.24) is 4.90 Å². The number of ether oxygens (including phenoxy) is 3. The number of rotatable bonds is 9. The summed E-state index contributed by atoms with van der Waals surface area (Å²) in [6.07, 6.45) is 2.21. The van der Waals surface area contributed by atoms with Crippen LogP contribution in [-0.4, -0.2) is 63.8 Å². The maximum Gasteiger partial charge on any atom is 0.338 e. The second-order valence-electron chi connectivity index (χ2n) is 7.86. The van der Waals surface area contributed by atoms with Crippen LogP contribution in [-0.2, 0) is 20.8 Å². The van der Waals surface area contributed by atoms with Crippen molar-refractivity contribution in [3.63, 3.8) is 0 Å². The molecule has 0 saturated carbocycles. The summed E-state index contributed by atoms with van der Waals surface area (Å²) >= 11 is 0. The van der Waals surface area contributed by atoms with Crippen LogP contribution < -0.4 is 9.64 Å². The van der Waals surface area contributed by atoms with Gasteiger partial charge in [-0.25, -0.2) is 4.79 Å². The summed E-state index contributed by atoms with van der Waals surface area (Å²) in [4.78, 5) is 28.1. The van der Waals surface area contributed by atoms with E-state index in [0.29, 0.717) is 24.5 Å². The van der Waals surface area contributed by atoms with Gasteiger partial charge in [0.15, 0.2) is 6.61 Å². The first-order valence-electron chi connectivity index (χ1n) is 10.4. The molecule has 1 aliphatic heterocycles. The van der Waals surface area contributed by atoms with Gasteiger partial charge in [0.05, 0.1) is 11.7 Å². The number of hydrogen-bond donors (Lipinski definition) is 0. The number of esters is 1. The normalized spacial score (nSPS) is 15.4. The fraction of sp³-hybridized carbons (Fsp3) is 0.417. The van der Waals surface area contributed by atoms with E-state index in [1.54, 1.807) is 36.2 Å². The van der Waals surface area contributed by atoms with Gasteiger partial charge in [-0.3, -0.25) is 4.79 Å². The van der Waals surface area contributed by atoms with Gasteiger partial charge in [0.25, 0.3) is 5.91 Å². The molecular formula is C24H30N2O5. The molecule has 0 N–H and O–H groups in total. The lowest BCUT2D eigenvalue weighted by molar-refractivity contribution is -0.133. The van der Waals surface area contributed by atoms with Crippen LogP contribution in [0.5, 0.6) is 5.75 Å². The summed E-state index contributed by atoms with van der Waals surface area (Å²) in [5.41, 5.74) is 2.47. The number of anilines is 1. The second-order valence-corrected chi connectivity index (χ2v) is 7.86. The molecule has 0 aromatic heterocycles. The van der Waals surface area contributed by atoms with Crippen LogP contribution in [0.25, 0.3) is 0 Å². The topological polar surface area (TPSA) is 68.3 Å². The van der Waals surface area contributed by atoms with Crippen molar-refractivity contribution in [2.24, 2.45) is 0 Å². The molecule has 2 aromatic carbocycles. The highest BCUT2D eigenvalue weighted by atomic mass is 16.5. The fourth-order valence-corrected chi connectivity index (χ4v) is 3.23. The standard InChI is InChI=1S/C24H30N2O5/c1-25(2)20-10-6-18(7-11-20)15-26(3)23(27)17-31-24(28)19-8-12-21(13-9-19)30-16-22-5-4-14-29-22/h6-13,22H,4-5,14-17H2,1-3H3/t22-/m0/s1.